The maximum absolute atomic E-state index is 13.6. The number of hydrogen-bond donors (Lipinski definition) is 1. The number of alkyl halides is 5. The summed E-state index contributed by atoms with van der Waals surface area (Å²) in [5, 5.41) is 12.3. The molecule has 0 saturated carbocycles. The first-order valence-corrected chi connectivity index (χ1v) is 8.47. The van der Waals surface area contributed by atoms with Crippen LogP contribution in [0.3, 0.4) is 0 Å². The predicted octanol–water partition coefficient (Wildman–Crippen LogP) is 4.66. The van der Waals surface area contributed by atoms with Crippen LogP contribution < -0.4 is 0 Å². The summed E-state index contributed by atoms with van der Waals surface area (Å²) in [6.07, 6.45) is -7.61. The van der Waals surface area contributed by atoms with Crippen LogP contribution in [0.15, 0.2) is 12.3 Å². The number of thiocarbonyl (C=S) groups is 1. The van der Waals surface area contributed by atoms with Gasteiger partial charge in [0.05, 0.1) is 11.1 Å². The second kappa shape index (κ2) is 7.90. The van der Waals surface area contributed by atoms with Gasteiger partial charge in [0.15, 0.2) is 10.7 Å². The van der Waals surface area contributed by atoms with Crippen LogP contribution in [-0.2, 0) is 12.6 Å². The molecule has 0 unspecified atom stereocenters. The van der Waals surface area contributed by atoms with Crippen molar-refractivity contribution < 1.29 is 31.9 Å². The van der Waals surface area contributed by atoms with E-state index in [-0.39, 0.29) is 18.0 Å². The molecule has 2 heterocycles. The van der Waals surface area contributed by atoms with E-state index in [1.807, 2.05) is 0 Å². The van der Waals surface area contributed by atoms with Gasteiger partial charge in [-0.1, -0.05) is 13.8 Å². The maximum atomic E-state index is 13.6. The minimum Gasteiger partial charge on any atom is -0.498 e. The third-order valence-electron chi connectivity index (χ3n) is 3.87. The topological polar surface area (TPSA) is 68.0 Å². The summed E-state index contributed by atoms with van der Waals surface area (Å²) in [6, 6.07) is 1.43. The van der Waals surface area contributed by atoms with Crippen LogP contribution in [0, 0.1) is 12.8 Å². The summed E-state index contributed by atoms with van der Waals surface area (Å²) in [7, 11) is 0. The van der Waals surface area contributed by atoms with E-state index in [4.69, 9.17) is 0 Å². The number of hydrogen-bond acceptors (Lipinski definition) is 4. The maximum Gasteiger partial charge on any atom is 0.434 e. The van der Waals surface area contributed by atoms with E-state index >= 15 is 0 Å². The molecule has 1 N–H and O–H groups in total. The Morgan fingerprint density at radius 3 is 2.29 bits per heavy atom. The fourth-order valence-corrected chi connectivity index (χ4v) is 3.01. The van der Waals surface area contributed by atoms with E-state index in [0.717, 1.165) is 4.68 Å². The first kappa shape index (κ1) is 21.9. The molecule has 11 heteroatoms. The van der Waals surface area contributed by atoms with E-state index in [9.17, 15) is 31.9 Å². The quantitative estimate of drug-likeness (QED) is 0.562. The molecular formula is C17H16F5N3O2S. The van der Waals surface area contributed by atoms with E-state index in [1.165, 1.54) is 19.2 Å². The second-order valence-corrected chi connectivity index (χ2v) is 6.85. The SMILES string of the molecule is Cc1ccnn1C(=O)c1c(C(F)F)nc(C(F)(F)F)c(C(O)=S)c1CC(C)C. The van der Waals surface area contributed by atoms with Gasteiger partial charge in [0.25, 0.3) is 12.3 Å². The number of rotatable bonds is 5. The molecule has 0 aliphatic heterocycles. The molecule has 2 rings (SSSR count). The average molecular weight is 421 g/mol. The summed E-state index contributed by atoms with van der Waals surface area (Å²) >= 11 is 4.53. The van der Waals surface area contributed by atoms with Gasteiger partial charge in [0.2, 0.25) is 0 Å². The molecule has 0 amide bonds. The molecule has 0 aliphatic carbocycles. The molecule has 0 fully saturated rings. The number of carbonyl (C=O) groups excluding carboxylic acids is 1. The lowest BCUT2D eigenvalue weighted by Crippen LogP contribution is -2.27. The van der Waals surface area contributed by atoms with Crippen LogP contribution in [0.4, 0.5) is 22.0 Å². The molecule has 0 bridgehead atoms. The third kappa shape index (κ3) is 4.18. The lowest BCUT2D eigenvalue weighted by molar-refractivity contribution is -0.141. The van der Waals surface area contributed by atoms with Crippen molar-refractivity contribution in [1.82, 2.24) is 14.8 Å². The smallest absolute Gasteiger partial charge is 0.434 e. The normalized spacial score (nSPS) is 12.1. The molecular weight excluding hydrogens is 405 g/mol. The van der Waals surface area contributed by atoms with Gasteiger partial charge in [0, 0.05) is 11.9 Å². The van der Waals surface area contributed by atoms with Crippen LogP contribution >= 0.6 is 12.2 Å². The Bertz CT molecular complexity index is 922. The fourth-order valence-electron chi connectivity index (χ4n) is 2.79. The van der Waals surface area contributed by atoms with Gasteiger partial charge in [-0.25, -0.2) is 18.4 Å². The Morgan fingerprint density at radius 2 is 1.89 bits per heavy atom. The number of carbonyl (C=O) groups is 1. The van der Waals surface area contributed by atoms with Crippen molar-refractivity contribution in [2.75, 3.05) is 0 Å². The van der Waals surface area contributed by atoms with Crippen LogP contribution in [0.5, 0.6) is 0 Å². The zero-order valence-electron chi connectivity index (χ0n) is 15.0. The number of aryl methyl sites for hydroxylation is 1. The molecule has 0 atom stereocenters. The fraction of sp³-hybridized carbons (Fsp3) is 0.412. The summed E-state index contributed by atoms with van der Waals surface area (Å²) in [5.41, 5.74) is -4.90. The van der Waals surface area contributed by atoms with Gasteiger partial charge in [-0.2, -0.15) is 18.3 Å². The Balaban J connectivity index is 2.99. The van der Waals surface area contributed by atoms with Gasteiger partial charge in [-0.3, -0.25) is 4.79 Å². The predicted molar refractivity (Wildman–Crippen MR) is 93.8 cm³/mol. The number of aromatic nitrogens is 3. The zero-order chi connectivity index (χ0) is 21.4. The Hall–Kier alpha value is -2.43. The second-order valence-electron chi connectivity index (χ2n) is 6.47. The summed E-state index contributed by atoms with van der Waals surface area (Å²) in [4.78, 5) is 15.9. The minimum atomic E-state index is -5.17. The highest BCUT2D eigenvalue weighted by atomic mass is 32.1. The number of aliphatic hydroxyl groups is 1. The van der Waals surface area contributed by atoms with Crippen LogP contribution in [0.1, 0.15) is 58.8 Å². The number of nitrogens with zero attached hydrogens (tertiary/aromatic N) is 3. The van der Waals surface area contributed by atoms with Crippen molar-refractivity contribution in [1.29, 1.82) is 0 Å². The van der Waals surface area contributed by atoms with Crippen molar-refractivity contribution in [3.05, 3.63) is 46.0 Å². The molecule has 0 radical (unpaired) electrons. The summed E-state index contributed by atoms with van der Waals surface area (Å²) in [5.74, 6) is -1.42. The first-order valence-electron chi connectivity index (χ1n) is 8.07. The molecule has 0 aliphatic rings. The van der Waals surface area contributed by atoms with Crippen molar-refractivity contribution in [3.8, 4) is 0 Å². The van der Waals surface area contributed by atoms with Crippen molar-refractivity contribution >= 4 is 23.2 Å². The Labute approximate surface area is 162 Å². The van der Waals surface area contributed by atoms with Crippen molar-refractivity contribution in [3.63, 3.8) is 0 Å². The number of halogens is 5. The molecule has 2 aromatic rings. The first-order chi connectivity index (χ1) is 12.9. The van der Waals surface area contributed by atoms with E-state index in [2.05, 4.69) is 22.3 Å². The van der Waals surface area contributed by atoms with Gasteiger partial charge in [-0.05, 0) is 43.1 Å². The largest absolute Gasteiger partial charge is 0.498 e. The van der Waals surface area contributed by atoms with E-state index < -0.39 is 51.6 Å². The van der Waals surface area contributed by atoms with Gasteiger partial charge in [0.1, 0.15) is 5.69 Å². The van der Waals surface area contributed by atoms with Gasteiger partial charge in [-0.15, -0.1) is 0 Å². The van der Waals surface area contributed by atoms with Crippen molar-refractivity contribution in [2.45, 2.75) is 39.8 Å². The summed E-state index contributed by atoms with van der Waals surface area (Å²) < 4.78 is 68.4. The lowest BCUT2D eigenvalue weighted by atomic mass is 9.90. The highest BCUT2D eigenvalue weighted by Gasteiger charge is 2.42. The third-order valence-corrected chi connectivity index (χ3v) is 4.07. The standard InChI is InChI=1S/C17H16F5N3O2S/c1-7(2)6-9-10(15(26)25-8(3)4-5-23-25)12(14(18)19)24-13(17(20,21)22)11(9)16(27)28/h4-5,7,14H,6H2,1-3H3,(H,27,28). The number of pyridine rings is 1. The van der Waals surface area contributed by atoms with E-state index in [0.29, 0.717) is 0 Å². The van der Waals surface area contributed by atoms with Crippen LogP contribution in [0.2, 0.25) is 0 Å². The van der Waals surface area contributed by atoms with Crippen molar-refractivity contribution in [2.24, 2.45) is 5.92 Å². The zero-order valence-corrected chi connectivity index (χ0v) is 15.8. The van der Waals surface area contributed by atoms with E-state index in [1.54, 1.807) is 13.8 Å². The van der Waals surface area contributed by atoms with Gasteiger partial charge >= 0.3 is 6.18 Å². The molecule has 0 saturated heterocycles. The Morgan fingerprint density at radius 1 is 1.29 bits per heavy atom. The molecule has 2 aromatic heterocycles. The lowest BCUT2D eigenvalue weighted by Gasteiger charge is -2.22. The monoisotopic (exact) mass is 421 g/mol. The van der Waals surface area contributed by atoms with Crippen LogP contribution in [0.25, 0.3) is 0 Å². The minimum absolute atomic E-state index is 0.220. The Kier molecular flexibility index (Phi) is 6.17. The highest BCUT2D eigenvalue weighted by Crippen LogP contribution is 2.38. The van der Waals surface area contributed by atoms with Gasteiger partial charge < -0.3 is 5.11 Å². The molecule has 0 spiro atoms. The molecule has 28 heavy (non-hydrogen) atoms. The molecule has 152 valence electrons. The van der Waals surface area contributed by atoms with Crippen LogP contribution in [-0.4, -0.2) is 30.8 Å². The average Bonchev–Trinajstić information content (AvgIpc) is 2.97. The number of aliphatic hydroxyl groups excluding tert-OH is 1. The highest BCUT2D eigenvalue weighted by molar-refractivity contribution is 7.80. The molecule has 0 aromatic carbocycles. The molecule has 5 nitrogen and oxygen atoms in total. The summed E-state index contributed by atoms with van der Waals surface area (Å²) in [6.45, 7) is 4.71.